The number of aliphatic hydroxyl groups is 1. The van der Waals surface area contributed by atoms with Crippen LogP contribution in [0.25, 0.3) is 5.88 Å². The van der Waals surface area contributed by atoms with Crippen LogP contribution < -0.4 is 11.2 Å². The van der Waals surface area contributed by atoms with Crippen LogP contribution in [-0.4, -0.2) is 14.7 Å². The number of H-pyrrole nitrogens is 1. The molecule has 2 aromatic rings. The second kappa shape index (κ2) is 3.82. The molecule has 0 aliphatic carbocycles. The molecule has 0 aliphatic heterocycles. The van der Waals surface area contributed by atoms with Gasteiger partial charge in [0.1, 0.15) is 12.4 Å². The lowest BCUT2D eigenvalue weighted by molar-refractivity contribution is 0.246. The van der Waals surface area contributed by atoms with Crippen LogP contribution in [0.4, 0.5) is 0 Å². The van der Waals surface area contributed by atoms with Gasteiger partial charge in [-0.15, -0.1) is 0 Å². The topological polar surface area (TPSA) is 88.2 Å². The van der Waals surface area contributed by atoms with Gasteiger partial charge in [0.05, 0.1) is 0 Å². The number of aromatic nitrogens is 2. The molecule has 6 heteroatoms. The summed E-state index contributed by atoms with van der Waals surface area (Å²) >= 11 is 0. The Bertz CT molecular complexity index is 620. The first-order valence-electron chi connectivity index (χ1n) is 4.64. The standard InChI is InChI=1S/C10H10N2O4/c1-6-4-12(10(15)11-9(6)14)8-3-2-7(5-13)16-8/h2-4,13H,5H2,1H3,(H,11,14,15). The molecular formula is C10H10N2O4. The van der Waals surface area contributed by atoms with Crippen LogP contribution in [-0.2, 0) is 6.61 Å². The van der Waals surface area contributed by atoms with Crippen LogP contribution in [0.5, 0.6) is 0 Å². The summed E-state index contributed by atoms with van der Waals surface area (Å²) < 4.78 is 6.36. The fourth-order valence-corrected chi connectivity index (χ4v) is 1.31. The Morgan fingerprint density at radius 3 is 2.81 bits per heavy atom. The number of aromatic amines is 1. The number of hydrogen-bond donors (Lipinski definition) is 2. The zero-order chi connectivity index (χ0) is 11.7. The summed E-state index contributed by atoms with van der Waals surface area (Å²) in [5.74, 6) is 0.610. The Morgan fingerprint density at radius 1 is 1.44 bits per heavy atom. The molecule has 16 heavy (non-hydrogen) atoms. The highest BCUT2D eigenvalue weighted by molar-refractivity contribution is 5.22. The maximum absolute atomic E-state index is 11.5. The summed E-state index contributed by atoms with van der Waals surface area (Å²) in [5.41, 5.74) is -0.592. The fraction of sp³-hybridized carbons (Fsp3) is 0.200. The van der Waals surface area contributed by atoms with Crippen molar-refractivity contribution < 1.29 is 9.52 Å². The third-order valence-electron chi connectivity index (χ3n) is 2.16. The molecule has 0 aromatic carbocycles. The maximum atomic E-state index is 11.5. The molecule has 0 saturated carbocycles. The zero-order valence-corrected chi connectivity index (χ0v) is 8.56. The van der Waals surface area contributed by atoms with E-state index in [1.807, 2.05) is 0 Å². The van der Waals surface area contributed by atoms with Crippen molar-refractivity contribution in [3.8, 4) is 5.88 Å². The normalized spacial score (nSPS) is 10.6. The smallest absolute Gasteiger partial charge is 0.335 e. The van der Waals surface area contributed by atoms with Gasteiger partial charge in [0.15, 0.2) is 0 Å². The van der Waals surface area contributed by atoms with Gasteiger partial charge in [-0.25, -0.2) is 9.36 Å². The number of aliphatic hydroxyl groups excluding tert-OH is 1. The predicted octanol–water partition coefficient (Wildman–Crippen LogP) is -0.0805. The first-order valence-corrected chi connectivity index (χ1v) is 4.64. The molecule has 84 valence electrons. The monoisotopic (exact) mass is 222 g/mol. The average Bonchev–Trinajstić information content (AvgIpc) is 2.71. The van der Waals surface area contributed by atoms with Gasteiger partial charge in [-0.3, -0.25) is 9.78 Å². The molecule has 6 nitrogen and oxygen atoms in total. The van der Waals surface area contributed by atoms with Gasteiger partial charge in [-0.2, -0.15) is 0 Å². The number of aryl methyl sites for hydroxylation is 1. The molecule has 0 radical (unpaired) electrons. The van der Waals surface area contributed by atoms with Crippen molar-refractivity contribution in [2.75, 3.05) is 0 Å². The summed E-state index contributed by atoms with van der Waals surface area (Å²) in [7, 11) is 0. The van der Waals surface area contributed by atoms with Crippen molar-refractivity contribution >= 4 is 0 Å². The Balaban J connectivity index is 2.60. The van der Waals surface area contributed by atoms with Crippen LogP contribution >= 0.6 is 0 Å². The van der Waals surface area contributed by atoms with E-state index in [-0.39, 0.29) is 12.5 Å². The zero-order valence-electron chi connectivity index (χ0n) is 8.56. The van der Waals surface area contributed by atoms with Gasteiger partial charge in [-0.1, -0.05) is 0 Å². The molecule has 2 N–H and O–H groups in total. The number of nitrogens with zero attached hydrogens (tertiary/aromatic N) is 1. The summed E-state index contributed by atoms with van der Waals surface area (Å²) in [6.45, 7) is 1.35. The SMILES string of the molecule is Cc1cn(-c2ccc(CO)o2)c(=O)[nH]c1=O. The van der Waals surface area contributed by atoms with Crippen LogP contribution in [0.15, 0.2) is 32.3 Å². The summed E-state index contributed by atoms with van der Waals surface area (Å²) in [6, 6.07) is 3.10. The Hall–Kier alpha value is -2.08. The lowest BCUT2D eigenvalue weighted by Crippen LogP contribution is -2.29. The number of nitrogens with one attached hydrogen (secondary N) is 1. The Morgan fingerprint density at radius 2 is 2.19 bits per heavy atom. The van der Waals surface area contributed by atoms with E-state index in [9.17, 15) is 9.59 Å². The lowest BCUT2D eigenvalue weighted by atomic mass is 10.4. The van der Waals surface area contributed by atoms with E-state index in [1.54, 1.807) is 19.1 Å². The van der Waals surface area contributed by atoms with E-state index in [0.717, 1.165) is 0 Å². The molecule has 0 unspecified atom stereocenters. The number of furan rings is 1. The Kier molecular flexibility index (Phi) is 2.49. The van der Waals surface area contributed by atoms with Crippen LogP contribution in [0.2, 0.25) is 0 Å². The summed E-state index contributed by atoms with van der Waals surface area (Å²) in [4.78, 5) is 24.8. The molecule has 0 spiro atoms. The van der Waals surface area contributed by atoms with Gasteiger partial charge in [-0.05, 0) is 13.0 Å². The highest BCUT2D eigenvalue weighted by Crippen LogP contribution is 2.10. The molecule has 0 bridgehead atoms. The molecule has 2 aromatic heterocycles. The van der Waals surface area contributed by atoms with Crippen molar-refractivity contribution in [3.63, 3.8) is 0 Å². The highest BCUT2D eigenvalue weighted by atomic mass is 16.4. The lowest BCUT2D eigenvalue weighted by Gasteiger charge is -2.01. The molecule has 0 saturated heterocycles. The minimum absolute atomic E-state index is 0.239. The second-order valence-corrected chi connectivity index (χ2v) is 3.34. The number of rotatable bonds is 2. The van der Waals surface area contributed by atoms with Gasteiger partial charge >= 0.3 is 5.69 Å². The second-order valence-electron chi connectivity index (χ2n) is 3.34. The molecule has 2 rings (SSSR count). The first kappa shape index (κ1) is 10.4. The van der Waals surface area contributed by atoms with Crippen LogP contribution in [0, 0.1) is 6.92 Å². The van der Waals surface area contributed by atoms with E-state index < -0.39 is 11.2 Å². The largest absolute Gasteiger partial charge is 0.442 e. The summed E-state index contributed by atoms with van der Waals surface area (Å²) in [5, 5.41) is 8.83. The van der Waals surface area contributed by atoms with Gasteiger partial charge in [0, 0.05) is 17.8 Å². The minimum Gasteiger partial charge on any atom is -0.442 e. The molecule has 0 atom stereocenters. The average molecular weight is 222 g/mol. The third kappa shape index (κ3) is 1.70. The van der Waals surface area contributed by atoms with E-state index in [2.05, 4.69) is 4.98 Å². The van der Waals surface area contributed by atoms with Crippen LogP contribution in [0.1, 0.15) is 11.3 Å². The number of hydrogen-bond acceptors (Lipinski definition) is 4. The minimum atomic E-state index is -0.575. The molecule has 0 amide bonds. The first-order chi connectivity index (χ1) is 7.61. The maximum Gasteiger partial charge on any atom is 0.335 e. The van der Waals surface area contributed by atoms with E-state index >= 15 is 0 Å². The highest BCUT2D eigenvalue weighted by Gasteiger charge is 2.07. The fourth-order valence-electron chi connectivity index (χ4n) is 1.31. The quantitative estimate of drug-likeness (QED) is 0.743. The predicted molar refractivity (Wildman–Crippen MR) is 55.6 cm³/mol. The summed E-state index contributed by atoms with van der Waals surface area (Å²) in [6.07, 6.45) is 1.39. The third-order valence-corrected chi connectivity index (χ3v) is 2.16. The van der Waals surface area contributed by atoms with Gasteiger partial charge in [0.2, 0.25) is 5.88 Å². The molecule has 0 fully saturated rings. The molecule has 0 aliphatic rings. The van der Waals surface area contributed by atoms with Crippen molar-refractivity contribution in [2.24, 2.45) is 0 Å². The molecular weight excluding hydrogens is 212 g/mol. The van der Waals surface area contributed by atoms with E-state index in [4.69, 9.17) is 9.52 Å². The van der Waals surface area contributed by atoms with E-state index in [0.29, 0.717) is 11.3 Å². The van der Waals surface area contributed by atoms with Crippen molar-refractivity contribution in [2.45, 2.75) is 13.5 Å². The van der Waals surface area contributed by atoms with Crippen molar-refractivity contribution in [3.05, 3.63) is 50.5 Å². The van der Waals surface area contributed by atoms with Crippen molar-refractivity contribution in [1.82, 2.24) is 9.55 Å². The van der Waals surface area contributed by atoms with Gasteiger partial charge < -0.3 is 9.52 Å². The Labute approximate surface area is 89.8 Å². The van der Waals surface area contributed by atoms with Gasteiger partial charge in [0.25, 0.3) is 5.56 Å². The van der Waals surface area contributed by atoms with Crippen LogP contribution in [0.3, 0.4) is 0 Å². The molecule has 2 heterocycles. The van der Waals surface area contributed by atoms with Crippen molar-refractivity contribution in [1.29, 1.82) is 0 Å². The van der Waals surface area contributed by atoms with E-state index in [1.165, 1.54) is 10.8 Å².